The highest BCUT2D eigenvalue weighted by Gasteiger charge is 2.31. The maximum atomic E-state index is 11.5. The second-order valence-electron chi connectivity index (χ2n) is 3.59. The Morgan fingerprint density at radius 1 is 1.54 bits per heavy atom. The first-order chi connectivity index (χ1) is 6.10. The van der Waals surface area contributed by atoms with Crippen molar-refractivity contribution in [3.05, 3.63) is 12.8 Å². The van der Waals surface area contributed by atoms with Gasteiger partial charge in [-0.2, -0.15) is 0 Å². The van der Waals surface area contributed by atoms with Gasteiger partial charge in [0.05, 0.1) is 11.7 Å². The SMILES string of the molecule is C=COC(=O)C(C)(CC)CCCC. The van der Waals surface area contributed by atoms with Gasteiger partial charge in [0, 0.05) is 0 Å². The molecular weight excluding hydrogens is 164 g/mol. The molecule has 76 valence electrons. The molecule has 2 nitrogen and oxygen atoms in total. The second-order valence-corrected chi connectivity index (χ2v) is 3.59. The number of ether oxygens (including phenoxy) is 1. The van der Waals surface area contributed by atoms with Crippen molar-refractivity contribution in [3.63, 3.8) is 0 Å². The van der Waals surface area contributed by atoms with E-state index in [0.717, 1.165) is 25.7 Å². The Hall–Kier alpha value is -0.790. The van der Waals surface area contributed by atoms with E-state index in [0.29, 0.717) is 0 Å². The molecule has 0 N–H and O–H groups in total. The van der Waals surface area contributed by atoms with Crippen molar-refractivity contribution >= 4 is 5.97 Å². The Morgan fingerprint density at radius 3 is 2.54 bits per heavy atom. The van der Waals surface area contributed by atoms with Crippen molar-refractivity contribution in [1.82, 2.24) is 0 Å². The first-order valence-corrected chi connectivity index (χ1v) is 4.92. The molecule has 0 radical (unpaired) electrons. The number of unbranched alkanes of at least 4 members (excludes halogenated alkanes) is 1. The van der Waals surface area contributed by atoms with Crippen molar-refractivity contribution < 1.29 is 9.53 Å². The Balaban J connectivity index is 4.23. The number of carbonyl (C=O) groups is 1. The highest BCUT2D eigenvalue weighted by Crippen LogP contribution is 2.29. The van der Waals surface area contributed by atoms with Gasteiger partial charge >= 0.3 is 5.97 Å². The standard InChI is InChI=1S/C11H20O2/c1-5-8-9-11(4,6-2)10(12)13-7-3/h7H,3,5-6,8-9H2,1-2,4H3. The molecule has 0 spiro atoms. The zero-order chi connectivity index (χ0) is 10.3. The number of rotatable bonds is 6. The van der Waals surface area contributed by atoms with Gasteiger partial charge in [0.25, 0.3) is 0 Å². The molecule has 0 bridgehead atoms. The minimum absolute atomic E-state index is 0.154. The van der Waals surface area contributed by atoms with Crippen molar-refractivity contribution in [2.75, 3.05) is 0 Å². The largest absolute Gasteiger partial charge is 0.435 e. The maximum absolute atomic E-state index is 11.5. The molecule has 0 fully saturated rings. The van der Waals surface area contributed by atoms with Crippen molar-refractivity contribution in [2.45, 2.75) is 46.5 Å². The van der Waals surface area contributed by atoms with E-state index >= 15 is 0 Å². The predicted octanol–water partition coefficient (Wildman–Crippen LogP) is 3.28. The minimum atomic E-state index is -0.329. The monoisotopic (exact) mass is 184 g/mol. The zero-order valence-corrected chi connectivity index (χ0v) is 8.93. The molecule has 0 aromatic heterocycles. The van der Waals surface area contributed by atoms with Crippen LogP contribution in [0.1, 0.15) is 46.5 Å². The van der Waals surface area contributed by atoms with Crippen LogP contribution in [-0.2, 0) is 9.53 Å². The summed E-state index contributed by atoms with van der Waals surface area (Å²) in [7, 11) is 0. The van der Waals surface area contributed by atoms with Crippen LogP contribution in [0.15, 0.2) is 12.8 Å². The lowest BCUT2D eigenvalue weighted by molar-refractivity contribution is -0.149. The van der Waals surface area contributed by atoms with Gasteiger partial charge in [-0.05, 0) is 19.8 Å². The Kier molecular flexibility index (Phi) is 5.44. The molecule has 0 aromatic carbocycles. The second kappa shape index (κ2) is 5.79. The summed E-state index contributed by atoms with van der Waals surface area (Å²) in [5.41, 5.74) is -0.329. The molecule has 0 saturated heterocycles. The summed E-state index contributed by atoms with van der Waals surface area (Å²) in [6, 6.07) is 0. The van der Waals surface area contributed by atoms with Crippen LogP contribution in [0.4, 0.5) is 0 Å². The highest BCUT2D eigenvalue weighted by molar-refractivity contribution is 5.76. The van der Waals surface area contributed by atoms with E-state index in [9.17, 15) is 4.79 Å². The molecule has 13 heavy (non-hydrogen) atoms. The van der Waals surface area contributed by atoms with Gasteiger partial charge in [0.1, 0.15) is 0 Å². The quantitative estimate of drug-likeness (QED) is 0.467. The van der Waals surface area contributed by atoms with Crippen molar-refractivity contribution in [2.24, 2.45) is 5.41 Å². The summed E-state index contributed by atoms with van der Waals surface area (Å²) >= 11 is 0. The fraction of sp³-hybridized carbons (Fsp3) is 0.727. The molecular formula is C11H20O2. The summed E-state index contributed by atoms with van der Waals surface area (Å²) < 4.78 is 4.82. The molecule has 0 aromatic rings. The lowest BCUT2D eigenvalue weighted by Crippen LogP contribution is -2.27. The van der Waals surface area contributed by atoms with E-state index < -0.39 is 0 Å². The highest BCUT2D eigenvalue weighted by atomic mass is 16.5. The fourth-order valence-electron chi connectivity index (χ4n) is 1.21. The Morgan fingerprint density at radius 2 is 2.15 bits per heavy atom. The Bertz CT molecular complexity index is 175. The summed E-state index contributed by atoms with van der Waals surface area (Å²) in [5.74, 6) is -0.154. The van der Waals surface area contributed by atoms with Gasteiger partial charge in [-0.1, -0.05) is 33.3 Å². The topological polar surface area (TPSA) is 26.3 Å². The fourth-order valence-corrected chi connectivity index (χ4v) is 1.21. The summed E-state index contributed by atoms with van der Waals surface area (Å²) in [4.78, 5) is 11.5. The van der Waals surface area contributed by atoms with Crippen LogP contribution in [-0.4, -0.2) is 5.97 Å². The van der Waals surface area contributed by atoms with Crippen LogP contribution in [0.3, 0.4) is 0 Å². The molecule has 1 unspecified atom stereocenters. The van der Waals surface area contributed by atoms with Crippen LogP contribution in [0.2, 0.25) is 0 Å². The summed E-state index contributed by atoms with van der Waals surface area (Å²) in [6.45, 7) is 9.47. The molecule has 0 aliphatic heterocycles. The molecule has 0 rings (SSSR count). The first-order valence-electron chi connectivity index (χ1n) is 4.92. The van der Waals surface area contributed by atoms with E-state index in [1.54, 1.807) is 0 Å². The Labute approximate surface area is 81.0 Å². The smallest absolute Gasteiger partial charge is 0.316 e. The van der Waals surface area contributed by atoms with Crippen LogP contribution in [0, 0.1) is 5.41 Å². The number of carbonyl (C=O) groups excluding carboxylic acids is 1. The molecule has 2 heteroatoms. The van der Waals surface area contributed by atoms with E-state index in [4.69, 9.17) is 4.74 Å². The maximum Gasteiger partial charge on any atom is 0.316 e. The van der Waals surface area contributed by atoms with E-state index in [1.807, 2.05) is 13.8 Å². The van der Waals surface area contributed by atoms with Gasteiger partial charge in [0.2, 0.25) is 0 Å². The molecule has 0 aliphatic rings. The molecule has 1 atom stereocenters. The summed E-state index contributed by atoms with van der Waals surface area (Å²) in [6.07, 6.45) is 5.10. The van der Waals surface area contributed by atoms with E-state index in [2.05, 4.69) is 13.5 Å². The number of hydrogen-bond donors (Lipinski definition) is 0. The van der Waals surface area contributed by atoms with Crippen LogP contribution >= 0.6 is 0 Å². The average molecular weight is 184 g/mol. The zero-order valence-electron chi connectivity index (χ0n) is 8.93. The van der Waals surface area contributed by atoms with Crippen LogP contribution < -0.4 is 0 Å². The molecule has 0 aliphatic carbocycles. The van der Waals surface area contributed by atoms with E-state index in [1.165, 1.54) is 6.26 Å². The van der Waals surface area contributed by atoms with Crippen molar-refractivity contribution in [3.8, 4) is 0 Å². The van der Waals surface area contributed by atoms with Gasteiger partial charge in [-0.3, -0.25) is 4.79 Å². The third-order valence-electron chi connectivity index (χ3n) is 2.55. The lowest BCUT2D eigenvalue weighted by atomic mass is 9.82. The van der Waals surface area contributed by atoms with Crippen molar-refractivity contribution in [1.29, 1.82) is 0 Å². The van der Waals surface area contributed by atoms with Crippen LogP contribution in [0.25, 0.3) is 0 Å². The number of hydrogen-bond acceptors (Lipinski definition) is 2. The third kappa shape index (κ3) is 3.62. The predicted molar refractivity (Wildman–Crippen MR) is 54.2 cm³/mol. The van der Waals surface area contributed by atoms with Gasteiger partial charge in [-0.15, -0.1) is 0 Å². The normalized spacial score (nSPS) is 14.7. The first kappa shape index (κ1) is 12.2. The minimum Gasteiger partial charge on any atom is -0.435 e. The summed E-state index contributed by atoms with van der Waals surface area (Å²) in [5, 5.41) is 0. The molecule has 0 saturated carbocycles. The molecule has 0 heterocycles. The van der Waals surface area contributed by atoms with Gasteiger partial charge in [0.15, 0.2) is 0 Å². The number of esters is 1. The van der Waals surface area contributed by atoms with Gasteiger partial charge < -0.3 is 4.74 Å². The van der Waals surface area contributed by atoms with E-state index in [-0.39, 0.29) is 11.4 Å². The third-order valence-corrected chi connectivity index (χ3v) is 2.55. The lowest BCUT2D eigenvalue weighted by Gasteiger charge is -2.24. The average Bonchev–Trinajstić information content (AvgIpc) is 2.14. The molecule has 0 amide bonds. The van der Waals surface area contributed by atoms with Gasteiger partial charge in [-0.25, -0.2) is 0 Å². The van der Waals surface area contributed by atoms with Crippen LogP contribution in [0.5, 0.6) is 0 Å².